The van der Waals surface area contributed by atoms with E-state index in [4.69, 9.17) is 4.74 Å². The molecule has 29 heavy (non-hydrogen) atoms. The zero-order valence-electron chi connectivity index (χ0n) is 15.9. The Hall–Kier alpha value is -3.17. The van der Waals surface area contributed by atoms with E-state index in [1.807, 2.05) is 59.5 Å². The van der Waals surface area contributed by atoms with E-state index in [1.54, 1.807) is 0 Å². The van der Waals surface area contributed by atoms with Gasteiger partial charge in [-0.1, -0.05) is 41.7 Å². The molecule has 0 aliphatic rings. The summed E-state index contributed by atoms with van der Waals surface area (Å²) in [4.78, 5) is 12.8. The molecule has 9 heteroatoms. The number of esters is 1. The van der Waals surface area contributed by atoms with Crippen molar-refractivity contribution in [1.29, 1.82) is 0 Å². The Kier molecular flexibility index (Phi) is 7.37. The van der Waals surface area contributed by atoms with Crippen LogP contribution in [-0.4, -0.2) is 47.6 Å². The van der Waals surface area contributed by atoms with Crippen LogP contribution in [0.3, 0.4) is 0 Å². The topological polar surface area (TPSA) is 100 Å². The maximum Gasteiger partial charge on any atom is 0.302 e. The number of carbonyl (C=O) groups is 1. The summed E-state index contributed by atoms with van der Waals surface area (Å²) in [7, 11) is 0. The number of hydrogen-bond donors (Lipinski definition) is 1. The van der Waals surface area contributed by atoms with Gasteiger partial charge in [0.15, 0.2) is 0 Å². The standard InChI is InChI=1S/C20H21N5O3S/c1-15(27)28-14-12-25(11-13-26)18-9-7-17(8-10-18)21-23-20-24-22-19(29-20)16-5-3-2-4-6-16/h2-10,26H,11-14H2,1H3. The van der Waals surface area contributed by atoms with Gasteiger partial charge in [0.05, 0.1) is 18.8 Å². The average molecular weight is 411 g/mol. The average Bonchev–Trinajstić information content (AvgIpc) is 3.22. The second-order valence-corrected chi connectivity index (χ2v) is 6.98. The van der Waals surface area contributed by atoms with E-state index in [2.05, 4.69) is 20.4 Å². The molecule has 3 aromatic rings. The van der Waals surface area contributed by atoms with Crippen molar-refractivity contribution in [2.45, 2.75) is 6.92 Å². The maximum absolute atomic E-state index is 10.9. The lowest BCUT2D eigenvalue weighted by atomic mass is 10.2. The van der Waals surface area contributed by atoms with Crippen LogP contribution < -0.4 is 4.90 Å². The number of aliphatic hydroxyl groups excluding tert-OH is 1. The molecule has 0 atom stereocenters. The predicted molar refractivity (Wildman–Crippen MR) is 112 cm³/mol. The summed E-state index contributed by atoms with van der Waals surface area (Å²) in [6.45, 7) is 2.57. The molecule has 0 aliphatic heterocycles. The lowest BCUT2D eigenvalue weighted by Crippen LogP contribution is -2.30. The van der Waals surface area contributed by atoms with Crippen LogP contribution in [0, 0.1) is 0 Å². The van der Waals surface area contributed by atoms with Crippen molar-refractivity contribution in [3.05, 3.63) is 54.6 Å². The molecular formula is C20H21N5O3S. The van der Waals surface area contributed by atoms with Crippen LogP contribution >= 0.6 is 11.3 Å². The number of azo groups is 1. The first-order valence-electron chi connectivity index (χ1n) is 9.05. The highest BCUT2D eigenvalue weighted by molar-refractivity contribution is 7.18. The van der Waals surface area contributed by atoms with Gasteiger partial charge in [-0.3, -0.25) is 4.79 Å². The van der Waals surface area contributed by atoms with E-state index in [1.165, 1.54) is 18.3 Å². The van der Waals surface area contributed by atoms with Gasteiger partial charge in [0.1, 0.15) is 11.6 Å². The van der Waals surface area contributed by atoms with Crippen LogP contribution in [0.5, 0.6) is 0 Å². The molecule has 0 saturated heterocycles. The summed E-state index contributed by atoms with van der Waals surface area (Å²) in [6.07, 6.45) is 0. The minimum absolute atomic E-state index is 0.00231. The summed E-state index contributed by atoms with van der Waals surface area (Å²) in [6, 6.07) is 17.2. The largest absolute Gasteiger partial charge is 0.464 e. The zero-order valence-corrected chi connectivity index (χ0v) is 16.7. The fourth-order valence-corrected chi connectivity index (χ4v) is 3.25. The number of hydrogen-bond acceptors (Lipinski definition) is 9. The lowest BCUT2D eigenvalue weighted by molar-refractivity contribution is -0.140. The van der Waals surface area contributed by atoms with Crippen LogP contribution in [0.25, 0.3) is 10.6 Å². The molecule has 0 amide bonds. The Bertz CT molecular complexity index is 944. The number of aromatic nitrogens is 2. The van der Waals surface area contributed by atoms with Crippen molar-refractivity contribution in [2.75, 3.05) is 31.2 Å². The molecule has 1 N–H and O–H groups in total. The summed E-state index contributed by atoms with van der Waals surface area (Å²) in [5, 5.41) is 27.1. The van der Waals surface area contributed by atoms with Crippen molar-refractivity contribution < 1.29 is 14.6 Å². The zero-order chi connectivity index (χ0) is 20.5. The van der Waals surface area contributed by atoms with Crippen LogP contribution in [0.2, 0.25) is 0 Å². The first kappa shape index (κ1) is 20.6. The summed E-state index contributed by atoms with van der Waals surface area (Å²) in [5.74, 6) is -0.322. The van der Waals surface area contributed by atoms with Gasteiger partial charge in [-0.15, -0.1) is 20.4 Å². The number of ether oxygens (including phenoxy) is 1. The van der Waals surface area contributed by atoms with Crippen molar-refractivity contribution in [3.8, 4) is 10.6 Å². The number of rotatable bonds is 9. The first-order valence-corrected chi connectivity index (χ1v) is 9.87. The molecule has 0 radical (unpaired) electrons. The van der Waals surface area contributed by atoms with Crippen molar-refractivity contribution >= 4 is 33.8 Å². The molecule has 0 fully saturated rings. The highest BCUT2D eigenvalue weighted by Crippen LogP contribution is 2.29. The van der Waals surface area contributed by atoms with Gasteiger partial charge in [0.25, 0.3) is 5.13 Å². The third-order valence-electron chi connectivity index (χ3n) is 3.94. The fourth-order valence-electron chi connectivity index (χ4n) is 2.57. The van der Waals surface area contributed by atoms with Crippen LogP contribution in [0.1, 0.15) is 6.92 Å². The number of anilines is 1. The van der Waals surface area contributed by atoms with Gasteiger partial charge >= 0.3 is 5.97 Å². The second-order valence-electron chi connectivity index (χ2n) is 6.02. The van der Waals surface area contributed by atoms with E-state index in [0.717, 1.165) is 16.3 Å². The van der Waals surface area contributed by atoms with Crippen LogP contribution in [0.15, 0.2) is 64.8 Å². The summed E-state index contributed by atoms with van der Waals surface area (Å²) in [5.41, 5.74) is 2.56. The number of benzene rings is 2. The summed E-state index contributed by atoms with van der Waals surface area (Å²) < 4.78 is 4.98. The minimum Gasteiger partial charge on any atom is -0.464 e. The number of nitrogens with zero attached hydrogens (tertiary/aromatic N) is 5. The van der Waals surface area contributed by atoms with E-state index >= 15 is 0 Å². The second kappa shape index (κ2) is 10.4. The third kappa shape index (κ3) is 6.16. The lowest BCUT2D eigenvalue weighted by Gasteiger charge is -2.23. The van der Waals surface area contributed by atoms with Gasteiger partial charge in [-0.25, -0.2) is 0 Å². The first-order chi connectivity index (χ1) is 14.2. The van der Waals surface area contributed by atoms with Gasteiger partial charge in [0.2, 0.25) is 0 Å². The highest BCUT2D eigenvalue weighted by atomic mass is 32.1. The Labute approximate surface area is 172 Å². The summed E-state index contributed by atoms with van der Waals surface area (Å²) >= 11 is 1.37. The van der Waals surface area contributed by atoms with Crippen LogP contribution in [-0.2, 0) is 9.53 Å². The molecule has 1 heterocycles. The molecule has 2 aromatic carbocycles. The minimum atomic E-state index is -0.322. The SMILES string of the molecule is CC(=O)OCCN(CCO)c1ccc(N=Nc2nnc(-c3ccccc3)s2)cc1. The Morgan fingerprint density at radius 3 is 2.52 bits per heavy atom. The Morgan fingerprint density at radius 1 is 1.07 bits per heavy atom. The number of aliphatic hydroxyl groups is 1. The molecule has 0 spiro atoms. The molecule has 0 aliphatic carbocycles. The number of carbonyl (C=O) groups excluding carboxylic acids is 1. The predicted octanol–water partition coefficient (Wildman–Crippen LogP) is 3.98. The highest BCUT2D eigenvalue weighted by Gasteiger charge is 2.08. The smallest absolute Gasteiger partial charge is 0.302 e. The monoisotopic (exact) mass is 411 g/mol. The van der Waals surface area contributed by atoms with Gasteiger partial charge in [-0.05, 0) is 24.3 Å². The normalized spacial score (nSPS) is 11.0. The molecule has 0 bridgehead atoms. The molecule has 0 unspecified atom stereocenters. The third-order valence-corrected chi connectivity index (χ3v) is 4.79. The maximum atomic E-state index is 10.9. The van der Waals surface area contributed by atoms with E-state index in [-0.39, 0.29) is 19.2 Å². The van der Waals surface area contributed by atoms with E-state index < -0.39 is 0 Å². The molecule has 0 saturated carbocycles. The van der Waals surface area contributed by atoms with Gasteiger partial charge in [0, 0.05) is 24.7 Å². The quantitative estimate of drug-likeness (QED) is 0.422. The fraction of sp³-hybridized carbons (Fsp3) is 0.250. The molecule has 150 valence electrons. The van der Waals surface area contributed by atoms with Crippen molar-refractivity contribution in [1.82, 2.24) is 10.2 Å². The molecule has 1 aromatic heterocycles. The van der Waals surface area contributed by atoms with Crippen LogP contribution in [0.4, 0.5) is 16.5 Å². The molecule has 8 nitrogen and oxygen atoms in total. The Morgan fingerprint density at radius 2 is 1.83 bits per heavy atom. The molecule has 3 rings (SSSR count). The van der Waals surface area contributed by atoms with Crippen molar-refractivity contribution in [3.63, 3.8) is 0 Å². The molecular weight excluding hydrogens is 390 g/mol. The Balaban J connectivity index is 1.63. The van der Waals surface area contributed by atoms with E-state index in [0.29, 0.717) is 23.9 Å². The van der Waals surface area contributed by atoms with Gasteiger partial charge in [-0.2, -0.15) is 0 Å². The van der Waals surface area contributed by atoms with E-state index in [9.17, 15) is 9.90 Å². The van der Waals surface area contributed by atoms with Crippen molar-refractivity contribution in [2.24, 2.45) is 10.2 Å². The van der Waals surface area contributed by atoms with Gasteiger partial charge < -0.3 is 14.7 Å².